The molecule has 0 saturated carbocycles. The molecule has 3 N–H and O–H groups in total. The van der Waals surface area contributed by atoms with Crippen LogP contribution < -0.4 is 15.4 Å². The SMILES string of the molecule is Cc1noc(C)c1S(=O)(=O)NC(C)C(=O)NCCC1CCCNC1.Cl. The van der Waals surface area contributed by atoms with Crippen LogP contribution in [-0.2, 0) is 14.8 Å². The van der Waals surface area contributed by atoms with Gasteiger partial charge in [-0.3, -0.25) is 4.79 Å². The summed E-state index contributed by atoms with van der Waals surface area (Å²) in [6, 6.07) is -0.867. The number of hydrogen-bond acceptors (Lipinski definition) is 6. The van der Waals surface area contributed by atoms with Crippen molar-refractivity contribution < 1.29 is 17.7 Å². The molecule has 144 valence electrons. The number of aryl methyl sites for hydroxylation is 2. The Balaban J connectivity index is 0.00000312. The van der Waals surface area contributed by atoms with Gasteiger partial charge in [0.25, 0.3) is 0 Å². The van der Waals surface area contributed by atoms with Gasteiger partial charge in [0.1, 0.15) is 10.6 Å². The van der Waals surface area contributed by atoms with Gasteiger partial charge in [0.15, 0.2) is 5.76 Å². The first kappa shape index (κ1) is 21.9. The second-order valence-corrected chi connectivity index (χ2v) is 7.94. The number of rotatable bonds is 7. The number of hydrogen-bond donors (Lipinski definition) is 3. The minimum atomic E-state index is -3.85. The van der Waals surface area contributed by atoms with Crippen molar-refractivity contribution in [3.05, 3.63) is 11.5 Å². The molecule has 10 heteroatoms. The lowest BCUT2D eigenvalue weighted by molar-refractivity contribution is -0.122. The molecule has 1 fully saturated rings. The molecule has 1 aromatic heterocycles. The zero-order valence-electron chi connectivity index (χ0n) is 14.8. The second-order valence-electron chi connectivity index (χ2n) is 6.29. The van der Waals surface area contributed by atoms with Crippen LogP contribution in [0.1, 0.15) is 37.6 Å². The summed E-state index contributed by atoms with van der Waals surface area (Å²) in [5.74, 6) is 0.430. The molecule has 1 saturated heterocycles. The Hall–Kier alpha value is -1.16. The third kappa shape index (κ3) is 5.95. The van der Waals surface area contributed by atoms with Crippen molar-refractivity contribution in [2.75, 3.05) is 19.6 Å². The van der Waals surface area contributed by atoms with E-state index < -0.39 is 16.1 Å². The van der Waals surface area contributed by atoms with Gasteiger partial charge in [-0.1, -0.05) is 5.16 Å². The average Bonchev–Trinajstić information content (AvgIpc) is 2.87. The molecule has 1 amide bonds. The monoisotopic (exact) mass is 394 g/mol. The van der Waals surface area contributed by atoms with E-state index in [1.807, 2.05) is 0 Å². The van der Waals surface area contributed by atoms with Gasteiger partial charge < -0.3 is 15.2 Å². The number of nitrogens with one attached hydrogen (secondary N) is 3. The van der Waals surface area contributed by atoms with Crippen LogP contribution in [0.4, 0.5) is 0 Å². The average molecular weight is 395 g/mol. The van der Waals surface area contributed by atoms with Gasteiger partial charge in [0.05, 0.1) is 6.04 Å². The molecule has 2 heterocycles. The quantitative estimate of drug-likeness (QED) is 0.632. The Bertz CT molecular complexity index is 652. The number of carbonyl (C=O) groups excluding carboxylic acids is 1. The summed E-state index contributed by atoms with van der Waals surface area (Å²) in [4.78, 5) is 12.1. The summed E-state index contributed by atoms with van der Waals surface area (Å²) in [6.45, 7) is 7.18. The predicted octanol–water partition coefficient (Wildman–Crippen LogP) is 0.886. The Morgan fingerprint density at radius 2 is 2.16 bits per heavy atom. The summed E-state index contributed by atoms with van der Waals surface area (Å²) in [7, 11) is -3.85. The smallest absolute Gasteiger partial charge is 0.246 e. The molecule has 0 radical (unpaired) electrons. The molecule has 1 aliphatic rings. The summed E-state index contributed by atoms with van der Waals surface area (Å²) in [5, 5.41) is 9.76. The molecule has 25 heavy (non-hydrogen) atoms. The van der Waals surface area contributed by atoms with E-state index in [-0.39, 0.29) is 34.7 Å². The van der Waals surface area contributed by atoms with Crippen LogP contribution in [0.25, 0.3) is 0 Å². The van der Waals surface area contributed by atoms with Crippen LogP contribution in [0.5, 0.6) is 0 Å². The standard InChI is InChI=1S/C15H26N4O4S.ClH/c1-10-14(12(3)23-18-10)24(21,22)19-11(2)15(20)17-8-6-13-5-4-7-16-9-13;/h11,13,16,19H,4-9H2,1-3H3,(H,17,20);1H. The molecule has 8 nitrogen and oxygen atoms in total. The lowest BCUT2D eigenvalue weighted by Crippen LogP contribution is -2.45. The molecule has 0 bridgehead atoms. The predicted molar refractivity (Wildman–Crippen MR) is 96.2 cm³/mol. The fraction of sp³-hybridized carbons (Fsp3) is 0.733. The number of halogens is 1. The Morgan fingerprint density at radius 3 is 2.72 bits per heavy atom. The van der Waals surface area contributed by atoms with E-state index in [2.05, 4.69) is 20.5 Å². The van der Waals surface area contributed by atoms with Crippen molar-refractivity contribution in [3.8, 4) is 0 Å². The fourth-order valence-electron chi connectivity index (χ4n) is 2.93. The number of piperidine rings is 1. The van der Waals surface area contributed by atoms with E-state index in [1.165, 1.54) is 13.8 Å². The van der Waals surface area contributed by atoms with Gasteiger partial charge in [0.2, 0.25) is 15.9 Å². The number of carbonyl (C=O) groups is 1. The van der Waals surface area contributed by atoms with E-state index in [0.717, 1.165) is 32.4 Å². The summed E-state index contributed by atoms with van der Waals surface area (Å²) < 4.78 is 32.0. The summed E-state index contributed by atoms with van der Waals surface area (Å²) >= 11 is 0. The normalized spacial score (nSPS) is 19.1. The van der Waals surface area contributed by atoms with Crippen LogP contribution in [0, 0.1) is 19.8 Å². The first-order valence-electron chi connectivity index (χ1n) is 8.25. The van der Waals surface area contributed by atoms with Crippen molar-refractivity contribution in [2.45, 2.75) is 51.0 Å². The molecule has 0 aromatic carbocycles. The van der Waals surface area contributed by atoms with Gasteiger partial charge >= 0.3 is 0 Å². The molecular formula is C15H27ClN4O4S. The van der Waals surface area contributed by atoms with E-state index >= 15 is 0 Å². The lowest BCUT2D eigenvalue weighted by atomic mass is 9.96. The van der Waals surface area contributed by atoms with Crippen molar-refractivity contribution in [1.82, 2.24) is 20.5 Å². The summed E-state index contributed by atoms with van der Waals surface area (Å²) in [5.41, 5.74) is 0.275. The summed E-state index contributed by atoms with van der Waals surface area (Å²) in [6.07, 6.45) is 3.21. The topological polar surface area (TPSA) is 113 Å². The maximum absolute atomic E-state index is 12.4. The van der Waals surface area contributed by atoms with Crippen LogP contribution in [0.3, 0.4) is 0 Å². The molecular weight excluding hydrogens is 368 g/mol. The van der Waals surface area contributed by atoms with Gasteiger partial charge in [0, 0.05) is 6.54 Å². The van der Waals surface area contributed by atoms with E-state index in [4.69, 9.17) is 4.52 Å². The van der Waals surface area contributed by atoms with Gasteiger partial charge in [-0.2, -0.15) is 4.72 Å². The number of sulfonamides is 1. The Morgan fingerprint density at radius 1 is 1.44 bits per heavy atom. The van der Waals surface area contributed by atoms with Gasteiger partial charge in [-0.05, 0) is 59.0 Å². The van der Waals surface area contributed by atoms with E-state index in [1.54, 1.807) is 6.92 Å². The first-order chi connectivity index (χ1) is 11.3. The Kier molecular flexibility index (Phi) is 8.33. The van der Waals surface area contributed by atoms with Crippen molar-refractivity contribution in [1.29, 1.82) is 0 Å². The minimum absolute atomic E-state index is 0. The largest absolute Gasteiger partial charge is 0.360 e. The van der Waals surface area contributed by atoms with Crippen molar-refractivity contribution in [2.24, 2.45) is 5.92 Å². The molecule has 1 aromatic rings. The lowest BCUT2D eigenvalue weighted by Gasteiger charge is -2.23. The highest BCUT2D eigenvalue weighted by Crippen LogP contribution is 2.19. The number of nitrogens with zero attached hydrogens (tertiary/aromatic N) is 1. The maximum Gasteiger partial charge on any atom is 0.246 e. The molecule has 2 unspecified atom stereocenters. The zero-order valence-corrected chi connectivity index (χ0v) is 16.4. The number of aromatic nitrogens is 1. The van der Waals surface area contributed by atoms with Crippen LogP contribution in [0.2, 0.25) is 0 Å². The van der Waals surface area contributed by atoms with Crippen molar-refractivity contribution >= 4 is 28.3 Å². The zero-order chi connectivity index (χ0) is 17.7. The highest BCUT2D eigenvalue weighted by atomic mass is 35.5. The van der Waals surface area contributed by atoms with E-state index in [0.29, 0.717) is 12.5 Å². The van der Waals surface area contributed by atoms with E-state index in [9.17, 15) is 13.2 Å². The molecule has 0 spiro atoms. The molecule has 1 aliphatic heterocycles. The number of amides is 1. The second kappa shape index (κ2) is 9.51. The molecule has 0 aliphatic carbocycles. The third-order valence-electron chi connectivity index (χ3n) is 4.21. The minimum Gasteiger partial charge on any atom is -0.360 e. The van der Waals surface area contributed by atoms with Crippen LogP contribution in [-0.4, -0.2) is 45.2 Å². The fourth-order valence-corrected chi connectivity index (χ4v) is 4.46. The molecule has 2 rings (SSSR count). The van der Waals surface area contributed by atoms with Crippen molar-refractivity contribution in [3.63, 3.8) is 0 Å². The van der Waals surface area contributed by atoms with Crippen LogP contribution in [0.15, 0.2) is 9.42 Å². The highest BCUT2D eigenvalue weighted by Gasteiger charge is 2.28. The molecule has 2 atom stereocenters. The highest BCUT2D eigenvalue weighted by molar-refractivity contribution is 7.89. The van der Waals surface area contributed by atoms with Gasteiger partial charge in [-0.15, -0.1) is 12.4 Å². The van der Waals surface area contributed by atoms with Gasteiger partial charge in [-0.25, -0.2) is 8.42 Å². The Labute approximate surface area is 154 Å². The first-order valence-corrected chi connectivity index (χ1v) is 9.73. The maximum atomic E-state index is 12.4. The van der Waals surface area contributed by atoms with Crippen LogP contribution >= 0.6 is 12.4 Å². The third-order valence-corrected chi connectivity index (χ3v) is 6.00.